The van der Waals surface area contributed by atoms with E-state index in [0.717, 1.165) is 77.5 Å². The molecule has 12 aromatic rings. The molecule has 0 aliphatic carbocycles. The number of nitrogens with zero attached hydrogens (tertiary/aromatic N) is 5. The van der Waals surface area contributed by atoms with Crippen LogP contribution < -0.4 is 0 Å². The van der Waals surface area contributed by atoms with Crippen molar-refractivity contribution < 1.29 is 0 Å². The van der Waals surface area contributed by atoms with E-state index < -0.39 is 0 Å². The second kappa shape index (κ2) is 14.7. The highest BCUT2D eigenvalue weighted by atomic mass is 15.2. The zero-order valence-corrected chi connectivity index (χ0v) is 33.6. The molecule has 0 aliphatic rings. The maximum Gasteiger partial charge on any atom is 0.238 e. The number of fused-ring (bicyclic) bond motifs is 7. The molecule has 0 saturated carbocycles. The van der Waals surface area contributed by atoms with Crippen molar-refractivity contribution in [2.45, 2.75) is 0 Å². The van der Waals surface area contributed by atoms with E-state index in [1.54, 1.807) is 0 Å². The van der Waals surface area contributed by atoms with Crippen LogP contribution in [0, 0.1) is 0 Å². The molecule has 0 bridgehead atoms. The molecular formula is C57H37N5. The maximum atomic E-state index is 5.31. The summed E-state index contributed by atoms with van der Waals surface area (Å²) in [7, 11) is 0. The summed E-state index contributed by atoms with van der Waals surface area (Å²) in [5.74, 6) is 1.79. The molecule has 0 atom stereocenters. The first-order chi connectivity index (χ1) is 30.8. The van der Waals surface area contributed by atoms with Gasteiger partial charge in [-0.3, -0.25) is 4.57 Å². The number of hydrogen-bond acceptors (Lipinski definition) is 3. The molecule has 5 nitrogen and oxygen atoms in total. The van der Waals surface area contributed by atoms with E-state index in [-0.39, 0.29) is 0 Å². The molecule has 0 aliphatic heterocycles. The van der Waals surface area contributed by atoms with Crippen LogP contribution >= 0.6 is 0 Å². The van der Waals surface area contributed by atoms with E-state index in [1.165, 1.54) is 16.3 Å². The van der Waals surface area contributed by atoms with Gasteiger partial charge >= 0.3 is 0 Å². The van der Waals surface area contributed by atoms with Crippen molar-refractivity contribution in [3.8, 4) is 67.8 Å². The molecule has 5 heteroatoms. The molecule has 0 amide bonds. The van der Waals surface area contributed by atoms with Gasteiger partial charge in [-0.2, -0.15) is 9.97 Å². The lowest BCUT2D eigenvalue weighted by Crippen LogP contribution is -2.06. The fourth-order valence-corrected chi connectivity index (χ4v) is 9.12. The normalized spacial score (nSPS) is 11.5. The van der Waals surface area contributed by atoms with E-state index in [0.29, 0.717) is 17.6 Å². The number of para-hydroxylation sites is 2. The minimum absolute atomic E-state index is 0.560. The summed E-state index contributed by atoms with van der Waals surface area (Å²) in [6.45, 7) is 0. The molecule has 0 saturated heterocycles. The molecule has 62 heavy (non-hydrogen) atoms. The summed E-state index contributed by atoms with van der Waals surface area (Å²) < 4.78 is 4.71. The highest BCUT2D eigenvalue weighted by Gasteiger charge is 2.24. The second-order valence-electron chi connectivity index (χ2n) is 15.6. The van der Waals surface area contributed by atoms with Gasteiger partial charge in [-0.25, -0.2) is 4.98 Å². The molecule has 9 aromatic carbocycles. The fourth-order valence-electron chi connectivity index (χ4n) is 9.12. The fraction of sp³-hybridized carbons (Fsp3) is 0. The molecular weight excluding hydrogens is 755 g/mol. The van der Waals surface area contributed by atoms with Crippen molar-refractivity contribution in [2.24, 2.45) is 0 Å². The molecule has 3 aromatic heterocycles. The lowest BCUT2D eigenvalue weighted by atomic mass is 9.97. The molecule has 0 spiro atoms. The Kier molecular flexibility index (Phi) is 8.42. The van der Waals surface area contributed by atoms with E-state index in [2.05, 4.69) is 209 Å². The Morgan fingerprint density at radius 2 is 0.758 bits per heavy atom. The summed E-state index contributed by atoms with van der Waals surface area (Å²) >= 11 is 0. The summed E-state index contributed by atoms with van der Waals surface area (Å²) in [6, 6.07) is 79.3. The average molecular weight is 792 g/mol. The largest absolute Gasteiger partial charge is 0.308 e. The van der Waals surface area contributed by atoms with Gasteiger partial charge in [-0.05, 0) is 52.1 Å². The Bertz CT molecular complexity index is 3590. The SMILES string of the molecule is c1ccc(-c2ccc(-c3nc(-c4ccccc4)nc(-n4c5ccccc5c5c4ccc4c6ccccc6n(-c6cc(-c7ccccc7)ccc6-c6ccccc6)c45)n3)cc2)cc1. The Hall–Kier alpha value is -8.41. The van der Waals surface area contributed by atoms with Crippen LogP contribution in [0.1, 0.15) is 0 Å². The van der Waals surface area contributed by atoms with E-state index in [1.807, 2.05) is 24.3 Å². The van der Waals surface area contributed by atoms with Crippen LogP contribution in [0.3, 0.4) is 0 Å². The van der Waals surface area contributed by atoms with Gasteiger partial charge in [0.1, 0.15) is 0 Å². The number of rotatable bonds is 7. The summed E-state index contributed by atoms with van der Waals surface area (Å²) in [6.07, 6.45) is 0. The van der Waals surface area contributed by atoms with Gasteiger partial charge in [0.25, 0.3) is 0 Å². The monoisotopic (exact) mass is 791 g/mol. The van der Waals surface area contributed by atoms with Gasteiger partial charge in [0.2, 0.25) is 5.95 Å². The van der Waals surface area contributed by atoms with Crippen molar-refractivity contribution in [1.29, 1.82) is 0 Å². The van der Waals surface area contributed by atoms with E-state index in [4.69, 9.17) is 15.0 Å². The second-order valence-corrected chi connectivity index (χ2v) is 15.6. The van der Waals surface area contributed by atoms with Gasteiger partial charge in [0.05, 0.1) is 27.8 Å². The van der Waals surface area contributed by atoms with Crippen molar-refractivity contribution in [2.75, 3.05) is 0 Å². The lowest BCUT2D eigenvalue weighted by molar-refractivity contribution is 0.953. The van der Waals surface area contributed by atoms with E-state index >= 15 is 0 Å². The molecule has 0 fully saturated rings. The van der Waals surface area contributed by atoms with Gasteiger partial charge in [-0.15, -0.1) is 0 Å². The zero-order chi connectivity index (χ0) is 41.0. The van der Waals surface area contributed by atoms with Gasteiger partial charge in [-0.1, -0.05) is 200 Å². The number of benzene rings is 9. The van der Waals surface area contributed by atoms with E-state index in [9.17, 15) is 0 Å². The highest BCUT2D eigenvalue weighted by molar-refractivity contribution is 6.26. The minimum atomic E-state index is 0.560. The Morgan fingerprint density at radius 1 is 0.290 bits per heavy atom. The average Bonchev–Trinajstić information content (AvgIpc) is 3.88. The van der Waals surface area contributed by atoms with Gasteiger partial charge in [0, 0.05) is 38.2 Å². The van der Waals surface area contributed by atoms with Crippen molar-refractivity contribution >= 4 is 43.6 Å². The highest BCUT2D eigenvalue weighted by Crippen LogP contribution is 2.44. The Labute approximate surface area is 358 Å². The van der Waals surface area contributed by atoms with Crippen molar-refractivity contribution in [3.05, 3.63) is 224 Å². The molecule has 290 valence electrons. The minimum Gasteiger partial charge on any atom is -0.308 e. The first-order valence-electron chi connectivity index (χ1n) is 21.0. The van der Waals surface area contributed by atoms with Crippen LogP contribution in [0.2, 0.25) is 0 Å². The summed E-state index contributed by atoms with van der Waals surface area (Å²) in [5.41, 5.74) is 14.2. The molecule has 0 radical (unpaired) electrons. The third kappa shape index (κ3) is 5.90. The van der Waals surface area contributed by atoms with Crippen LogP contribution in [-0.2, 0) is 0 Å². The lowest BCUT2D eigenvalue weighted by Gasteiger charge is -2.17. The topological polar surface area (TPSA) is 48.5 Å². The van der Waals surface area contributed by atoms with Crippen LogP contribution in [0.25, 0.3) is 111 Å². The Morgan fingerprint density at radius 3 is 1.40 bits per heavy atom. The maximum absolute atomic E-state index is 5.31. The third-order valence-corrected chi connectivity index (χ3v) is 12.0. The molecule has 3 heterocycles. The summed E-state index contributed by atoms with van der Waals surface area (Å²) in [5, 5.41) is 4.62. The quantitative estimate of drug-likeness (QED) is 0.162. The first kappa shape index (κ1) is 35.5. The van der Waals surface area contributed by atoms with Crippen molar-refractivity contribution in [1.82, 2.24) is 24.1 Å². The van der Waals surface area contributed by atoms with Crippen LogP contribution in [0.5, 0.6) is 0 Å². The van der Waals surface area contributed by atoms with Crippen LogP contribution in [0.4, 0.5) is 0 Å². The Balaban J connectivity index is 1.15. The third-order valence-electron chi connectivity index (χ3n) is 12.0. The molecule has 0 N–H and O–H groups in total. The zero-order valence-electron chi connectivity index (χ0n) is 33.6. The smallest absolute Gasteiger partial charge is 0.238 e. The van der Waals surface area contributed by atoms with Crippen LogP contribution in [-0.4, -0.2) is 24.1 Å². The first-order valence-corrected chi connectivity index (χ1v) is 21.0. The summed E-state index contributed by atoms with van der Waals surface area (Å²) in [4.78, 5) is 15.7. The molecule has 12 rings (SSSR count). The predicted octanol–water partition coefficient (Wildman–Crippen LogP) is 14.4. The van der Waals surface area contributed by atoms with Crippen LogP contribution in [0.15, 0.2) is 224 Å². The number of aromatic nitrogens is 5. The predicted molar refractivity (Wildman–Crippen MR) is 256 cm³/mol. The standard InChI is InChI=1S/C57H37N5/c1-5-17-38(18-6-1)40-29-31-43(32-30-40)56-58-55(42-23-11-4-12-24-42)59-57(60-56)62-50-28-16-14-26-48(50)53-51(62)36-35-47-46-25-13-15-27-49(46)61(54(47)53)52-37-44(39-19-7-2-8-20-39)33-34-45(52)41-21-9-3-10-22-41/h1-37H. The number of hydrogen-bond donors (Lipinski definition) is 0. The van der Waals surface area contributed by atoms with Gasteiger partial charge < -0.3 is 4.57 Å². The molecule has 0 unspecified atom stereocenters. The van der Waals surface area contributed by atoms with Gasteiger partial charge in [0.15, 0.2) is 11.6 Å². The van der Waals surface area contributed by atoms with Crippen molar-refractivity contribution in [3.63, 3.8) is 0 Å².